The molecule has 1 aromatic carbocycles. The van der Waals surface area contributed by atoms with E-state index in [2.05, 4.69) is 26.0 Å². The number of hydrogen-bond acceptors (Lipinski definition) is 3. The van der Waals surface area contributed by atoms with E-state index >= 15 is 0 Å². The first-order chi connectivity index (χ1) is 7.54. The smallest absolute Gasteiger partial charge is 0.310 e. The van der Waals surface area contributed by atoms with Crippen LogP contribution >= 0.6 is 15.9 Å². The van der Waals surface area contributed by atoms with Crippen molar-refractivity contribution in [3.05, 3.63) is 28.5 Å². The first-order valence-electron chi connectivity index (χ1n) is 4.81. The maximum absolute atomic E-state index is 13.3. The second kappa shape index (κ2) is 5.84. The van der Waals surface area contributed by atoms with E-state index in [1.165, 1.54) is 13.2 Å². The Bertz CT molecular complexity index is 384. The van der Waals surface area contributed by atoms with Crippen molar-refractivity contribution in [1.82, 2.24) is 0 Å². The minimum atomic E-state index is -0.347. The predicted molar refractivity (Wildman–Crippen MR) is 63.8 cm³/mol. The Balaban J connectivity index is 2.60. The van der Waals surface area contributed by atoms with Gasteiger partial charge in [-0.3, -0.25) is 4.79 Å². The van der Waals surface area contributed by atoms with Gasteiger partial charge in [-0.15, -0.1) is 0 Å². The van der Waals surface area contributed by atoms with Gasteiger partial charge < -0.3 is 10.1 Å². The van der Waals surface area contributed by atoms with Crippen LogP contribution in [0.2, 0.25) is 0 Å². The Morgan fingerprint density at radius 3 is 2.94 bits per heavy atom. The summed E-state index contributed by atoms with van der Waals surface area (Å²) in [6, 6.07) is 4.60. The highest BCUT2D eigenvalue weighted by molar-refractivity contribution is 9.10. The summed E-state index contributed by atoms with van der Waals surface area (Å²) in [5.41, 5.74) is 0.366. The number of halogens is 2. The molecular weight excluding hydrogens is 277 g/mol. The van der Waals surface area contributed by atoms with Crippen molar-refractivity contribution in [1.29, 1.82) is 0 Å². The standard InChI is InChI=1S/C11H13BrFNO2/c1-7(11(15)16-2)6-14-10-5-8(12)3-4-9(10)13/h3-5,7,14H,6H2,1-2H3. The van der Waals surface area contributed by atoms with Crippen molar-refractivity contribution in [3.63, 3.8) is 0 Å². The van der Waals surface area contributed by atoms with Crippen LogP contribution in [0, 0.1) is 11.7 Å². The molecule has 1 unspecified atom stereocenters. The highest BCUT2D eigenvalue weighted by Crippen LogP contribution is 2.20. The van der Waals surface area contributed by atoms with Gasteiger partial charge in [0.05, 0.1) is 18.7 Å². The number of methoxy groups -OCH3 is 1. The number of esters is 1. The highest BCUT2D eigenvalue weighted by atomic mass is 79.9. The zero-order valence-corrected chi connectivity index (χ0v) is 10.7. The van der Waals surface area contributed by atoms with Crippen molar-refractivity contribution in [2.75, 3.05) is 19.0 Å². The van der Waals surface area contributed by atoms with Gasteiger partial charge in [0.1, 0.15) is 5.82 Å². The van der Waals surface area contributed by atoms with Gasteiger partial charge in [0.25, 0.3) is 0 Å². The van der Waals surface area contributed by atoms with Gasteiger partial charge in [-0.1, -0.05) is 22.9 Å². The third-order valence-electron chi connectivity index (χ3n) is 2.13. The van der Waals surface area contributed by atoms with E-state index < -0.39 is 0 Å². The quantitative estimate of drug-likeness (QED) is 0.867. The maximum Gasteiger partial charge on any atom is 0.310 e. The Morgan fingerprint density at radius 2 is 2.31 bits per heavy atom. The van der Waals surface area contributed by atoms with Crippen LogP contribution in [0.15, 0.2) is 22.7 Å². The molecule has 0 heterocycles. The fraction of sp³-hybridized carbons (Fsp3) is 0.364. The van der Waals surface area contributed by atoms with Crippen molar-refractivity contribution < 1.29 is 13.9 Å². The van der Waals surface area contributed by atoms with E-state index in [4.69, 9.17) is 0 Å². The number of carbonyl (C=O) groups is 1. The molecule has 0 bridgehead atoms. The average molecular weight is 290 g/mol. The van der Waals surface area contributed by atoms with E-state index in [0.29, 0.717) is 12.2 Å². The molecule has 88 valence electrons. The van der Waals surface area contributed by atoms with Crippen LogP contribution in [0.3, 0.4) is 0 Å². The van der Waals surface area contributed by atoms with Crippen molar-refractivity contribution in [2.45, 2.75) is 6.92 Å². The van der Waals surface area contributed by atoms with Gasteiger partial charge in [0.2, 0.25) is 0 Å². The molecule has 0 radical (unpaired) electrons. The molecule has 0 aliphatic heterocycles. The SMILES string of the molecule is COC(=O)C(C)CNc1cc(Br)ccc1F. The largest absolute Gasteiger partial charge is 0.469 e. The summed E-state index contributed by atoms with van der Waals surface area (Å²) in [4.78, 5) is 11.1. The summed E-state index contributed by atoms with van der Waals surface area (Å²) < 4.78 is 18.7. The molecule has 0 fully saturated rings. The first-order valence-corrected chi connectivity index (χ1v) is 5.60. The lowest BCUT2D eigenvalue weighted by Crippen LogP contribution is -2.21. The lowest BCUT2D eigenvalue weighted by molar-refractivity contribution is -0.144. The monoisotopic (exact) mass is 289 g/mol. The molecule has 0 saturated carbocycles. The van der Waals surface area contributed by atoms with Crippen molar-refractivity contribution in [3.8, 4) is 0 Å². The number of carbonyl (C=O) groups excluding carboxylic acids is 1. The number of anilines is 1. The number of hydrogen-bond donors (Lipinski definition) is 1. The summed E-state index contributed by atoms with van der Waals surface area (Å²) in [5.74, 6) is -0.980. The number of nitrogens with one attached hydrogen (secondary N) is 1. The third kappa shape index (κ3) is 3.48. The van der Waals surface area contributed by atoms with Crippen LogP contribution in [0.25, 0.3) is 0 Å². The molecule has 0 aromatic heterocycles. The minimum Gasteiger partial charge on any atom is -0.469 e. The summed E-state index contributed by atoms with van der Waals surface area (Å²) in [6.45, 7) is 2.05. The molecule has 1 N–H and O–H groups in total. The molecule has 16 heavy (non-hydrogen) atoms. The van der Waals surface area contributed by atoms with E-state index in [1.807, 2.05) is 0 Å². The molecule has 0 aliphatic carbocycles. The molecule has 1 rings (SSSR count). The third-order valence-corrected chi connectivity index (χ3v) is 2.62. The zero-order valence-electron chi connectivity index (χ0n) is 9.09. The summed E-state index contributed by atoms with van der Waals surface area (Å²) in [7, 11) is 1.33. The number of ether oxygens (including phenoxy) is 1. The first kappa shape index (κ1) is 13.0. The van der Waals surface area contributed by atoms with Crippen LogP contribution in [0.4, 0.5) is 10.1 Å². The Morgan fingerprint density at radius 1 is 1.62 bits per heavy atom. The van der Waals surface area contributed by atoms with Crippen molar-refractivity contribution in [2.24, 2.45) is 5.92 Å². The topological polar surface area (TPSA) is 38.3 Å². The van der Waals surface area contributed by atoms with E-state index in [-0.39, 0.29) is 17.7 Å². The molecule has 3 nitrogen and oxygen atoms in total. The lowest BCUT2D eigenvalue weighted by Gasteiger charge is -2.12. The molecule has 0 amide bonds. The van der Waals surface area contributed by atoms with Gasteiger partial charge in [0, 0.05) is 11.0 Å². The van der Waals surface area contributed by atoms with Crippen molar-refractivity contribution >= 4 is 27.6 Å². The maximum atomic E-state index is 13.3. The fourth-order valence-corrected chi connectivity index (χ4v) is 1.54. The minimum absolute atomic E-state index is 0.316. The van der Waals surface area contributed by atoms with Gasteiger partial charge in [-0.2, -0.15) is 0 Å². The van der Waals surface area contributed by atoms with Gasteiger partial charge in [-0.25, -0.2) is 4.39 Å². The molecule has 0 saturated heterocycles. The fourth-order valence-electron chi connectivity index (χ4n) is 1.18. The van der Waals surface area contributed by atoms with E-state index in [0.717, 1.165) is 4.47 Å². The summed E-state index contributed by atoms with van der Waals surface area (Å²) >= 11 is 3.25. The van der Waals surface area contributed by atoms with Gasteiger partial charge in [-0.05, 0) is 18.2 Å². The molecule has 5 heteroatoms. The Labute approximate surface area is 102 Å². The lowest BCUT2D eigenvalue weighted by atomic mass is 10.2. The van der Waals surface area contributed by atoms with Gasteiger partial charge >= 0.3 is 5.97 Å². The van der Waals surface area contributed by atoms with Gasteiger partial charge in [0.15, 0.2) is 0 Å². The normalized spacial score (nSPS) is 12.0. The summed E-state index contributed by atoms with van der Waals surface area (Å²) in [5, 5.41) is 2.86. The van der Waals surface area contributed by atoms with E-state index in [1.54, 1.807) is 19.1 Å². The van der Waals surface area contributed by atoms with Crippen LogP contribution < -0.4 is 5.32 Å². The molecule has 0 spiro atoms. The Hall–Kier alpha value is -1.10. The number of benzene rings is 1. The second-order valence-electron chi connectivity index (χ2n) is 3.43. The molecule has 1 aromatic rings. The molecular formula is C11H13BrFNO2. The molecule has 0 aliphatic rings. The van der Waals surface area contributed by atoms with Crippen LogP contribution in [0.5, 0.6) is 0 Å². The highest BCUT2D eigenvalue weighted by Gasteiger charge is 2.13. The average Bonchev–Trinajstić information content (AvgIpc) is 2.28. The van der Waals surface area contributed by atoms with Crippen LogP contribution in [-0.2, 0) is 9.53 Å². The number of rotatable bonds is 4. The van der Waals surface area contributed by atoms with Crippen LogP contribution in [-0.4, -0.2) is 19.6 Å². The zero-order chi connectivity index (χ0) is 12.1. The van der Waals surface area contributed by atoms with Crippen LogP contribution in [0.1, 0.15) is 6.92 Å². The second-order valence-corrected chi connectivity index (χ2v) is 4.34. The van der Waals surface area contributed by atoms with E-state index in [9.17, 15) is 9.18 Å². The summed E-state index contributed by atoms with van der Waals surface area (Å²) in [6.07, 6.45) is 0. The molecule has 1 atom stereocenters. The Kier molecular flexibility index (Phi) is 4.73. The predicted octanol–water partition coefficient (Wildman–Crippen LogP) is 2.81.